The van der Waals surface area contributed by atoms with E-state index in [1.54, 1.807) is 11.8 Å². The van der Waals surface area contributed by atoms with Gasteiger partial charge in [0, 0.05) is 13.8 Å². The average molecular weight is 425 g/mol. The molecule has 1 atom stereocenters. The molecule has 0 amide bonds. The maximum absolute atomic E-state index is 4.74. The Morgan fingerprint density at radius 2 is 2.35 bits per heavy atom. The summed E-state index contributed by atoms with van der Waals surface area (Å²) < 4.78 is 2.30. The highest BCUT2D eigenvalue weighted by atomic mass is 127. The molecule has 0 saturated carbocycles. The molecule has 0 radical (unpaired) electrons. The lowest BCUT2D eigenvalue weighted by atomic mass is 10.0. The Kier molecular flexibility index (Phi) is 4.41. The summed E-state index contributed by atoms with van der Waals surface area (Å²) in [4.78, 5) is 4.74. The zero-order valence-corrected chi connectivity index (χ0v) is 14.3. The van der Waals surface area contributed by atoms with Crippen LogP contribution in [0.5, 0.6) is 0 Å². The molecule has 1 unspecified atom stereocenters. The SMILES string of the molecule is CCC1(C)CSC(Nc2ccc(I)cc2Br)=N1. The largest absolute Gasteiger partial charge is 0.334 e. The molecule has 1 aliphatic heterocycles. The lowest BCUT2D eigenvalue weighted by molar-refractivity contribution is 0.523. The first-order valence-corrected chi connectivity index (χ1v) is 8.33. The molecular weight excluding hydrogens is 411 g/mol. The molecule has 1 heterocycles. The minimum atomic E-state index is 0.0999. The van der Waals surface area contributed by atoms with E-state index >= 15 is 0 Å². The molecule has 1 aromatic rings. The molecule has 0 fully saturated rings. The fourth-order valence-electron chi connectivity index (χ4n) is 1.48. The molecule has 1 N–H and O–H groups in total. The van der Waals surface area contributed by atoms with E-state index in [0.29, 0.717) is 0 Å². The van der Waals surface area contributed by atoms with E-state index in [9.17, 15) is 0 Å². The quantitative estimate of drug-likeness (QED) is 0.693. The van der Waals surface area contributed by atoms with Crippen LogP contribution in [0.2, 0.25) is 0 Å². The van der Waals surface area contributed by atoms with Crippen LogP contribution in [0.15, 0.2) is 27.7 Å². The van der Waals surface area contributed by atoms with E-state index in [4.69, 9.17) is 4.99 Å². The molecule has 0 bridgehead atoms. The fourth-order valence-corrected chi connectivity index (χ4v) is 4.07. The highest BCUT2D eigenvalue weighted by Gasteiger charge is 2.28. The Morgan fingerprint density at radius 1 is 1.59 bits per heavy atom. The molecule has 17 heavy (non-hydrogen) atoms. The molecule has 2 rings (SSSR count). The summed E-state index contributed by atoms with van der Waals surface area (Å²) >= 11 is 7.67. The lowest BCUT2D eigenvalue weighted by Gasteiger charge is -2.15. The average Bonchev–Trinajstić information content (AvgIpc) is 2.66. The first kappa shape index (κ1) is 13.7. The van der Waals surface area contributed by atoms with Gasteiger partial charge in [-0.15, -0.1) is 0 Å². The zero-order valence-electron chi connectivity index (χ0n) is 9.76. The van der Waals surface area contributed by atoms with Crippen molar-refractivity contribution < 1.29 is 0 Å². The summed E-state index contributed by atoms with van der Waals surface area (Å²) in [6.45, 7) is 4.39. The van der Waals surface area contributed by atoms with Crippen molar-refractivity contribution in [1.82, 2.24) is 0 Å². The molecule has 1 aliphatic rings. The Balaban J connectivity index is 2.15. The van der Waals surface area contributed by atoms with Crippen LogP contribution in [0.3, 0.4) is 0 Å². The van der Waals surface area contributed by atoms with Gasteiger partial charge in [0.15, 0.2) is 5.17 Å². The topological polar surface area (TPSA) is 24.4 Å². The van der Waals surface area contributed by atoms with Gasteiger partial charge in [-0.25, -0.2) is 0 Å². The first-order valence-electron chi connectivity index (χ1n) is 5.47. The highest BCUT2D eigenvalue weighted by Crippen LogP contribution is 2.32. The van der Waals surface area contributed by atoms with Crippen molar-refractivity contribution >= 4 is 61.1 Å². The smallest absolute Gasteiger partial charge is 0.161 e. The minimum absolute atomic E-state index is 0.0999. The van der Waals surface area contributed by atoms with Gasteiger partial charge in [-0.05, 0) is 70.1 Å². The maximum Gasteiger partial charge on any atom is 0.161 e. The van der Waals surface area contributed by atoms with Gasteiger partial charge < -0.3 is 5.32 Å². The van der Waals surface area contributed by atoms with Crippen LogP contribution >= 0.6 is 50.3 Å². The molecule has 5 heteroatoms. The minimum Gasteiger partial charge on any atom is -0.334 e. The molecule has 1 aromatic carbocycles. The predicted molar refractivity (Wildman–Crippen MR) is 89.1 cm³/mol. The van der Waals surface area contributed by atoms with Crippen molar-refractivity contribution in [2.24, 2.45) is 4.99 Å². The molecule has 2 nitrogen and oxygen atoms in total. The molecular formula is C12H14BrIN2S. The van der Waals surface area contributed by atoms with Gasteiger partial charge in [-0.2, -0.15) is 0 Å². The molecule has 0 aromatic heterocycles. The third-order valence-electron chi connectivity index (χ3n) is 2.83. The van der Waals surface area contributed by atoms with E-state index in [1.165, 1.54) is 3.57 Å². The summed E-state index contributed by atoms with van der Waals surface area (Å²) in [6, 6.07) is 6.27. The maximum atomic E-state index is 4.74. The van der Waals surface area contributed by atoms with Crippen molar-refractivity contribution in [2.45, 2.75) is 25.8 Å². The fraction of sp³-hybridized carbons (Fsp3) is 0.417. The van der Waals surface area contributed by atoms with Crippen molar-refractivity contribution in [1.29, 1.82) is 0 Å². The van der Waals surface area contributed by atoms with E-state index in [2.05, 4.69) is 75.9 Å². The van der Waals surface area contributed by atoms with E-state index in [-0.39, 0.29) is 5.54 Å². The monoisotopic (exact) mass is 424 g/mol. The summed E-state index contributed by atoms with van der Waals surface area (Å²) in [5, 5.41) is 4.41. The number of nitrogens with zero attached hydrogens (tertiary/aromatic N) is 1. The number of amidine groups is 1. The van der Waals surface area contributed by atoms with Crippen LogP contribution in [0, 0.1) is 3.57 Å². The van der Waals surface area contributed by atoms with E-state index < -0.39 is 0 Å². The summed E-state index contributed by atoms with van der Waals surface area (Å²) in [7, 11) is 0. The lowest BCUT2D eigenvalue weighted by Crippen LogP contribution is -2.20. The van der Waals surface area contributed by atoms with Crippen molar-refractivity contribution in [2.75, 3.05) is 11.1 Å². The van der Waals surface area contributed by atoms with Crippen molar-refractivity contribution in [3.63, 3.8) is 0 Å². The van der Waals surface area contributed by atoms with E-state index in [1.807, 2.05) is 0 Å². The molecule has 92 valence electrons. The zero-order chi connectivity index (χ0) is 12.5. The number of halogens is 2. The van der Waals surface area contributed by atoms with Crippen LogP contribution < -0.4 is 5.32 Å². The Labute approximate surface area is 128 Å². The Bertz CT molecular complexity index is 464. The molecule has 0 aliphatic carbocycles. The highest BCUT2D eigenvalue weighted by molar-refractivity contribution is 14.1. The second-order valence-corrected chi connectivity index (χ2v) is 7.37. The van der Waals surface area contributed by atoms with Gasteiger partial charge in [-0.1, -0.05) is 18.7 Å². The third-order valence-corrected chi connectivity index (χ3v) is 5.39. The summed E-state index contributed by atoms with van der Waals surface area (Å²) in [5.74, 6) is 1.06. The van der Waals surface area contributed by atoms with Crippen molar-refractivity contribution in [3.05, 3.63) is 26.2 Å². The number of hydrogen-bond donors (Lipinski definition) is 1. The first-order chi connectivity index (χ1) is 8.02. The second-order valence-electron chi connectivity index (χ2n) is 4.31. The molecule has 0 spiro atoms. The van der Waals surface area contributed by atoms with E-state index in [0.717, 1.165) is 27.5 Å². The van der Waals surface area contributed by atoms with Crippen LogP contribution in [0.4, 0.5) is 5.69 Å². The van der Waals surface area contributed by atoms with Crippen molar-refractivity contribution in [3.8, 4) is 0 Å². The number of benzene rings is 1. The van der Waals surface area contributed by atoms with Gasteiger partial charge in [0.05, 0.1) is 11.2 Å². The van der Waals surface area contributed by atoms with Crippen LogP contribution in [0.25, 0.3) is 0 Å². The number of anilines is 1. The molecule has 0 saturated heterocycles. The van der Waals surface area contributed by atoms with Gasteiger partial charge in [0.2, 0.25) is 0 Å². The summed E-state index contributed by atoms with van der Waals surface area (Å²) in [5.41, 5.74) is 1.18. The second kappa shape index (κ2) is 5.48. The van der Waals surface area contributed by atoms with Gasteiger partial charge in [0.25, 0.3) is 0 Å². The summed E-state index contributed by atoms with van der Waals surface area (Å²) in [6.07, 6.45) is 1.08. The normalized spacial score (nSPS) is 23.6. The standard InChI is InChI=1S/C12H14BrIN2S/c1-3-12(2)7-17-11(16-12)15-10-5-4-8(14)6-9(10)13/h4-6H,3,7H2,1-2H3,(H,15,16). The number of rotatable bonds is 2. The number of thioether (sulfide) groups is 1. The van der Waals surface area contributed by atoms with Crippen LogP contribution in [-0.2, 0) is 0 Å². The third kappa shape index (κ3) is 3.38. The number of aliphatic imine (C=N–C) groups is 1. The van der Waals surface area contributed by atoms with Gasteiger partial charge >= 0.3 is 0 Å². The Hall–Kier alpha value is 0.250. The van der Waals surface area contributed by atoms with Gasteiger partial charge in [-0.3, -0.25) is 4.99 Å². The number of hydrogen-bond acceptors (Lipinski definition) is 3. The van der Waals surface area contributed by atoms with Crippen LogP contribution in [-0.4, -0.2) is 16.5 Å². The van der Waals surface area contributed by atoms with Crippen LogP contribution in [0.1, 0.15) is 20.3 Å². The predicted octanol–water partition coefficient (Wildman–Crippen LogP) is 4.74. The van der Waals surface area contributed by atoms with Gasteiger partial charge in [0.1, 0.15) is 0 Å². The Morgan fingerprint density at radius 3 is 2.94 bits per heavy atom. The number of nitrogens with one attached hydrogen (secondary N) is 1.